The molecule has 2 heterocycles. The molecule has 1 aliphatic rings. The molecule has 1 atom stereocenters. The van der Waals surface area contributed by atoms with E-state index in [4.69, 9.17) is 0 Å². The Morgan fingerprint density at radius 1 is 1.60 bits per heavy atom. The van der Waals surface area contributed by atoms with Gasteiger partial charge < -0.3 is 5.32 Å². The first-order chi connectivity index (χ1) is 9.34. The second kappa shape index (κ2) is 6.09. The van der Waals surface area contributed by atoms with E-state index in [-0.39, 0.29) is 18.9 Å². The van der Waals surface area contributed by atoms with Crippen molar-refractivity contribution in [2.45, 2.75) is 32.5 Å². The number of halogens is 3. The average Bonchev–Trinajstić information content (AvgIpc) is 2.75. The van der Waals surface area contributed by atoms with Gasteiger partial charge in [-0.15, -0.1) is 11.3 Å². The normalized spacial score (nSPS) is 20.9. The molecule has 20 heavy (non-hydrogen) atoms. The number of hydrogen-bond donors (Lipinski definition) is 1. The summed E-state index contributed by atoms with van der Waals surface area (Å²) in [5.74, 6) is -1.45. The van der Waals surface area contributed by atoms with Crippen LogP contribution in [-0.4, -0.2) is 35.1 Å². The van der Waals surface area contributed by atoms with Crippen LogP contribution in [0.1, 0.15) is 25.5 Å². The Morgan fingerprint density at radius 3 is 3.00 bits per heavy atom. The van der Waals surface area contributed by atoms with Crippen LogP contribution in [0, 0.1) is 5.92 Å². The minimum Gasteiger partial charge on any atom is -0.302 e. The molecule has 8 heteroatoms. The van der Waals surface area contributed by atoms with Crippen molar-refractivity contribution in [1.29, 1.82) is 0 Å². The number of anilines is 1. The number of hydrogen-bond acceptors (Lipinski definition) is 4. The van der Waals surface area contributed by atoms with Gasteiger partial charge in [0, 0.05) is 25.4 Å². The molecule has 1 saturated heterocycles. The third-order valence-corrected chi connectivity index (χ3v) is 4.00. The molecule has 2 rings (SSSR count). The minimum atomic E-state index is -4.12. The molecule has 0 bridgehead atoms. The lowest BCUT2D eigenvalue weighted by molar-refractivity contribution is -0.187. The van der Waals surface area contributed by atoms with Crippen molar-refractivity contribution < 1.29 is 18.0 Å². The number of likely N-dealkylation sites (tertiary alicyclic amines) is 1. The van der Waals surface area contributed by atoms with Gasteiger partial charge in [0.05, 0.1) is 11.6 Å². The van der Waals surface area contributed by atoms with Gasteiger partial charge in [-0.2, -0.15) is 13.2 Å². The number of carbonyl (C=O) groups is 1. The van der Waals surface area contributed by atoms with Gasteiger partial charge in [-0.05, 0) is 19.4 Å². The Labute approximate surface area is 119 Å². The van der Waals surface area contributed by atoms with Crippen molar-refractivity contribution in [1.82, 2.24) is 9.88 Å². The van der Waals surface area contributed by atoms with Crippen molar-refractivity contribution in [2.75, 3.05) is 18.4 Å². The summed E-state index contributed by atoms with van der Waals surface area (Å²) >= 11 is 1.28. The second-order valence-corrected chi connectivity index (χ2v) is 5.80. The molecule has 1 aromatic rings. The van der Waals surface area contributed by atoms with Gasteiger partial charge >= 0.3 is 6.18 Å². The van der Waals surface area contributed by atoms with Crippen LogP contribution in [0.15, 0.2) is 5.38 Å². The van der Waals surface area contributed by atoms with Crippen molar-refractivity contribution >= 4 is 22.4 Å². The summed E-state index contributed by atoms with van der Waals surface area (Å²) in [5, 5.41) is 4.81. The van der Waals surface area contributed by atoms with Gasteiger partial charge in [0.1, 0.15) is 0 Å². The molecule has 1 fully saturated rings. The summed E-state index contributed by atoms with van der Waals surface area (Å²) in [6, 6.07) is 0. The first-order valence-electron chi connectivity index (χ1n) is 6.35. The van der Waals surface area contributed by atoms with Crippen LogP contribution in [0.3, 0.4) is 0 Å². The van der Waals surface area contributed by atoms with E-state index in [2.05, 4.69) is 10.3 Å². The number of carbonyl (C=O) groups excluding carboxylic acids is 1. The van der Waals surface area contributed by atoms with Crippen LogP contribution in [0.4, 0.5) is 18.3 Å². The highest BCUT2D eigenvalue weighted by atomic mass is 32.1. The number of piperidine rings is 1. The Bertz CT molecular complexity index is 475. The van der Waals surface area contributed by atoms with Crippen LogP contribution in [0.25, 0.3) is 0 Å². The predicted octanol–water partition coefficient (Wildman–Crippen LogP) is 2.88. The van der Waals surface area contributed by atoms with Gasteiger partial charge in [0.25, 0.3) is 0 Å². The highest BCUT2D eigenvalue weighted by Crippen LogP contribution is 2.33. The molecular formula is C12H16F3N3OS. The smallest absolute Gasteiger partial charge is 0.302 e. The molecule has 1 N–H and O–H groups in total. The quantitative estimate of drug-likeness (QED) is 0.934. The lowest BCUT2D eigenvalue weighted by Gasteiger charge is -2.33. The maximum atomic E-state index is 12.7. The summed E-state index contributed by atoms with van der Waals surface area (Å²) < 4.78 is 38.1. The van der Waals surface area contributed by atoms with Crippen molar-refractivity contribution in [3.8, 4) is 0 Å². The lowest BCUT2D eigenvalue weighted by atomic mass is 9.97. The largest absolute Gasteiger partial charge is 0.393 e. The van der Waals surface area contributed by atoms with Crippen LogP contribution >= 0.6 is 11.3 Å². The zero-order valence-corrected chi connectivity index (χ0v) is 11.9. The van der Waals surface area contributed by atoms with Gasteiger partial charge in [-0.3, -0.25) is 9.69 Å². The van der Waals surface area contributed by atoms with Gasteiger partial charge in [0.15, 0.2) is 5.13 Å². The van der Waals surface area contributed by atoms with E-state index in [1.54, 1.807) is 10.3 Å². The standard InChI is InChI=1S/C12H16F3N3OS/c1-8(19)16-11-17-10(7-20-11)6-18-4-2-3-9(5-18)12(13,14)15/h7,9H,2-6H2,1H3,(H,16,17,19). The molecule has 4 nitrogen and oxygen atoms in total. The maximum absolute atomic E-state index is 12.7. The molecule has 0 saturated carbocycles. The van der Waals surface area contributed by atoms with E-state index in [0.717, 1.165) is 0 Å². The number of nitrogens with zero attached hydrogens (tertiary/aromatic N) is 2. The van der Waals surface area contributed by atoms with Crippen LogP contribution < -0.4 is 5.32 Å². The van der Waals surface area contributed by atoms with Gasteiger partial charge in [0.2, 0.25) is 5.91 Å². The summed E-state index contributed by atoms with van der Waals surface area (Å²) in [6.07, 6.45) is -3.37. The van der Waals surface area contributed by atoms with E-state index >= 15 is 0 Å². The molecule has 0 spiro atoms. The highest BCUT2D eigenvalue weighted by Gasteiger charge is 2.41. The Morgan fingerprint density at radius 2 is 2.35 bits per heavy atom. The molecule has 1 amide bonds. The fourth-order valence-corrected chi connectivity index (χ4v) is 3.03. The van der Waals surface area contributed by atoms with Gasteiger partial charge in [-0.1, -0.05) is 0 Å². The van der Waals surface area contributed by atoms with Crippen molar-refractivity contribution in [3.63, 3.8) is 0 Å². The Kier molecular flexibility index (Phi) is 4.64. The minimum absolute atomic E-state index is 0.0243. The summed E-state index contributed by atoms with van der Waals surface area (Å²) in [4.78, 5) is 16.9. The van der Waals surface area contributed by atoms with Crippen LogP contribution in [0.2, 0.25) is 0 Å². The molecule has 1 aliphatic heterocycles. The third-order valence-electron chi connectivity index (χ3n) is 3.19. The zero-order chi connectivity index (χ0) is 14.8. The van der Waals surface area contributed by atoms with Crippen molar-refractivity contribution in [2.24, 2.45) is 5.92 Å². The molecule has 1 unspecified atom stereocenters. The van der Waals surface area contributed by atoms with Crippen molar-refractivity contribution in [3.05, 3.63) is 11.1 Å². The summed E-state index contributed by atoms with van der Waals surface area (Å²) in [6.45, 7) is 2.46. The number of amides is 1. The predicted molar refractivity (Wildman–Crippen MR) is 70.5 cm³/mol. The molecule has 0 aliphatic carbocycles. The maximum Gasteiger partial charge on any atom is 0.393 e. The van der Waals surface area contributed by atoms with Crippen LogP contribution in [-0.2, 0) is 11.3 Å². The van der Waals surface area contributed by atoms with Gasteiger partial charge in [-0.25, -0.2) is 4.98 Å². The summed E-state index contributed by atoms with van der Waals surface area (Å²) in [5.41, 5.74) is 0.696. The Hall–Kier alpha value is -1.15. The summed E-state index contributed by atoms with van der Waals surface area (Å²) in [7, 11) is 0. The Balaban J connectivity index is 1.92. The molecular weight excluding hydrogens is 291 g/mol. The van der Waals surface area contributed by atoms with E-state index in [1.165, 1.54) is 18.3 Å². The van der Waals surface area contributed by atoms with E-state index in [9.17, 15) is 18.0 Å². The molecule has 0 aromatic carbocycles. The topological polar surface area (TPSA) is 45.2 Å². The number of alkyl halides is 3. The van der Waals surface area contributed by atoms with Crippen LogP contribution in [0.5, 0.6) is 0 Å². The molecule has 112 valence electrons. The number of aromatic nitrogens is 1. The zero-order valence-electron chi connectivity index (χ0n) is 11.0. The molecule has 0 radical (unpaired) electrons. The number of rotatable bonds is 3. The number of nitrogens with one attached hydrogen (secondary N) is 1. The van der Waals surface area contributed by atoms with E-state index in [1.807, 2.05) is 0 Å². The average molecular weight is 307 g/mol. The third kappa shape index (κ3) is 4.17. The van der Waals surface area contributed by atoms with E-state index < -0.39 is 12.1 Å². The first-order valence-corrected chi connectivity index (χ1v) is 7.23. The fourth-order valence-electron chi connectivity index (χ4n) is 2.28. The monoisotopic (exact) mass is 307 g/mol. The number of thiazole rings is 1. The lowest BCUT2D eigenvalue weighted by Crippen LogP contribution is -2.41. The highest BCUT2D eigenvalue weighted by molar-refractivity contribution is 7.13. The fraction of sp³-hybridized carbons (Fsp3) is 0.667. The molecule has 1 aromatic heterocycles. The van der Waals surface area contributed by atoms with E-state index in [0.29, 0.717) is 30.3 Å². The second-order valence-electron chi connectivity index (χ2n) is 4.94. The SMILES string of the molecule is CC(=O)Nc1nc(CN2CCCC(C(F)(F)F)C2)cs1. The first kappa shape index (κ1) is 15.2.